The van der Waals surface area contributed by atoms with Gasteiger partial charge in [-0.2, -0.15) is 11.8 Å². The average molecular weight is 335 g/mol. The second kappa shape index (κ2) is 7.79. The molecule has 0 aliphatic carbocycles. The molecule has 2 N–H and O–H groups in total. The number of hydrogen-bond acceptors (Lipinski definition) is 4. The summed E-state index contributed by atoms with van der Waals surface area (Å²) < 4.78 is 1.20. The summed E-state index contributed by atoms with van der Waals surface area (Å²) in [6.07, 6.45) is 2.67. The lowest BCUT2D eigenvalue weighted by molar-refractivity contribution is 0.531. The molecule has 1 fully saturated rings. The molecule has 0 bridgehead atoms. The fourth-order valence-corrected chi connectivity index (χ4v) is 4.50. The third-order valence-corrected chi connectivity index (χ3v) is 5.92. The lowest BCUT2D eigenvalue weighted by atomic mass is 10.2. The van der Waals surface area contributed by atoms with Crippen LogP contribution in [0.2, 0.25) is 0 Å². The number of piperidine rings is 1. The van der Waals surface area contributed by atoms with Crippen molar-refractivity contribution in [2.24, 2.45) is 0 Å². The smallest absolute Gasteiger partial charge is 0.0300 e. The Kier molecular flexibility index (Phi) is 6.36. The van der Waals surface area contributed by atoms with Crippen molar-refractivity contribution in [1.82, 2.24) is 10.6 Å². The fourth-order valence-electron chi connectivity index (χ4n) is 1.92. The molecule has 0 aromatic carbocycles. The minimum absolute atomic E-state index is 0.883. The van der Waals surface area contributed by atoms with Crippen molar-refractivity contribution in [3.63, 3.8) is 0 Å². The first kappa shape index (κ1) is 13.9. The van der Waals surface area contributed by atoms with E-state index in [2.05, 4.69) is 49.8 Å². The number of thioether (sulfide) groups is 1. The lowest BCUT2D eigenvalue weighted by Gasteiger charge is -2.21. The largest absolute Gasteiger partial charge is 0.317 e. The van der Waals surface area contributed by atoms with Gasteiger partial charge in [0, 0.05) is 38.8 Å². The molecule has 2 nitrogen and oxygen atoms in total. The van der Waals surface area contributed by atoms with Gasteiger partial charge in [-0.25, -0.2) is 0 Å². The van der Waals surface area contributed by atoms with E-state index in [-0.39, 0.29) is 0 Å². The predicted molar refractivity (Wildman–Crippen MR) is 82.1 cm³/mol. The minimum atomic E-state index is 0.883. The van der Waals surface area contributed by atoms with E-state index in [0.717, 1.165) is 18.3 Å². The summed E-state index contributed by atoms with van der Waals surface area (Å²) in [5.74, 6) is 1.23. The SMILES string of the molecule is Brc1csc(CNCCSC2CCNCC2)c1. The molecule has 0 atom stereocenters. The second-order valence-electron chi connectivity index (χ2n) is 4.23. The van der Waals surface area contributed by atoms with E-state index >= 15 is 0 Å². The van der Waals surface area contributed by atoms with Gasteiger partial charge in [0.15, 0.2) is 0 Å². The molecule has 1 aromatic heterocycles. The van der Waals surface area contributed by atoms with Gasteiger partial charge in [-0.1, -0.05) is 0 Å². The molecular formula is C12H19BrN2S2. The van der Waals surface area contributed by atoms with Crippen LogP contribution >= 0.6 is 39.0 Å². The van der Waals surface area contributed by atoms with Crippen LogP contribution in [0, 0.1) is 0 Å². The highest BCUT2D eigenvalue weighted by molar-refractivity contribution is 9.10. The normalized spacial score (nSPS) is 17.5. The Morgan fingerprint density at radius 2 is 2.29 bits per heavy atom. The maximum atomic E-state index is 3.51. The Hall–Kier alpha value is 0.450. The predicted octanol–water partition coefficient (Wildman–Crippen LogP) is 3.09. The highest BCUT2D eigenvalue weighted by Gasteiger charge is 2.12. The lowest BCUT2D eigenvalue weighted by Crippen LogP contribution is -2.30. The summed E-state index contributed by atoms with van der Waals surface area (Å²) in [6, 6.07) is 2.19. The Bertz CT molecular complexity index is 324. The van der Waals surface area contributed by atoms with Crippen molar-refractivity contribution < 1.29 is 0 Å². The number of thiophene rings is 1. The third kappa shape index (κ3) is 5.30. The van der Waals surface area contributed by atoms with Crippen LogP contribution in [0.4, 0.5) is 0 Å². The summed E-state index contributed by atoms with van der Waals surface area (Å²) in [5, 5.41) is 9.94. The zero-order chi connectivity index (χ0) is 11.9. The molecule has 1 aliphatic rings. The van der Waals surface area contributed by atoms with E-state index in [1.807, 2.05) is 11.3 Å². The summed E-state index contributed by atoms with van der Waals surface area (Å²) >= 11 is 7.42. The second-order valence-corrected chi connectivity index (χ2v) is 7.55. The van der Waals surface area contributed by atoms with Crippen molar-refractivity contribution in [3.05, 3.63) is 20.8 Å². The minimum Gasteiger partial charge on any atom is -0.317 e. The number of hydrogen-bond donors (Lipinski definition) is 2. The molecule has 0 spiro atoms. The van der Waals surface area contributed by atoms with Gasteiger partial charge in [0.2, 0.25) is 0 Å². The van der Waals surface area contributed by atoms with E-state index in [1.54, 1.807) is 0 Å². The Morgan fingerprint density at radius 3 is 3.00 bits per heavy atom. The quantitative estimate of drug-likeness (QED) is 0.782. The van der Waals surface area contributed by atoms with E-state index in [4.69, 9.17) is 0 Å². The molecule has 0 unspecified atom stereocenters. The maximum Gasteiger partial charge on any atom is 0.0300 e. The van der Waals surface area contributed by atoms with Crippen molar-refractivity contribution in [1.29, 1.82) is 0 Å². The average Bonchev–Trinajstić information content (AvgIpc) is 2.76. The fraction of sp³-hybridized carbons (Fsp3) is 0.667. The molecular weight excluding hydrogens is 316 g/mol. The maximum absolute atomic E-state index is 3.51. The summed E-state index contributed by atoms with van der Waals surface area (Å²) in [4.78, 5) is 1.41. The molecule has 1 aromatic rings. The molecule has 0 radical (unpaired) electrons. The van der Waals surface area contributed by atoms with Gasteiger partial charge in [0.25, 0.3) is 0 Å². The van der Waals surface area contributed by atoms with Gasteiger partial charge in [0.1, 0.15) is 0 Å². The first-order valence-electron chi connectivity index (χ1n) is 6.10. The van der Waals surface area contributed by atoms with Crippen LogP contribution in [0.25, 0.3) is 0 Å². The zero-order valence-corrected chi connectivity index (χ0v) is 13.1. The third-order valence-electron chi connectivity index (χ3n) is 2.84. The molecule has 1 saturated heterocycles. The van der Waals surface area contributed by atoms with Gasteiger partial charge in [-0.15, -0.1) is 11.3 Å². The molecule has 0 saturated carbocycles. The van der Waals surface area contributed by atoms with Crippen LogP contribution in [-0.4, -0.2) is 30.6 Å². The van der Waals surface area contributed by atoms with Crippen molar-refractivity contribution >= 4 is 39.0 Å². The Morgan fingerprint density at radius 1 is 1.47 bits per heavy atom. The summed E-state index contributed by atoms with van der Waals surface area (Å²) in [6.45, 7) is 4.52. The van der Waals surface area contributed by atoms with Crippen LogP contribution in [-0.2, 0) is 6.54 Å². The molecule has 17 heavy (non-hydrogen) atoms. The van der Waals surface area contributed by atoms with Crippen molar-refractivity contribution in [2.75, 3.05) is 25.4 Å². The van der Waals surface area contributed by atoms with Crippen LogP contribution in [0.15, 0.2) is 15.9 Å². The number of halogens is 1. The van der Waals surface area contributed by atoms with E-state index in [1.165, 1.54) is 41.0 Å². The van der Waals surface area contributed by atoms with Crippen molar-refractivity contribution in [2.45, 2.75) is 24.6 Å². The van der Waals surface area contributed by atoms with Gasteiger partial charge in [-0.05, 0) is 47.9 Å². The van der Waals surface area contributed by atoms with E-state index in [9.17, 15) is 0 Å². The van der Waals surface area contributed by atoms with Crippen LogP contribution in [0.3, 0.4) is 0 Å². The van der Waals surface area contributed by atoms with Crippen LogP contribution in [0.5, 0.6) is 0 Å². The van der Waals surface area contributed by atoms with Gasteiger partial charge < -0.3 is 10.6 Å². The number of rotatable bonds is 6. The first-order valence-corrected chi connectivity index (χ1v) is 8.82. The molecule has 2 heterocycles. The summed E-state index contributed by atoms with van der Waals surface area (Å²) in [5.41, 5.74) is 0. The molecule has 96 valence electrons. The van der Waals surface area contributed by atoms with E-state index < -0.39 is 0 Å². The monoisotopic (exact) mass is 334 g/mol. The molecule has 2 rings (SSSR count). The Balaban J connectivity index is 1.51. The van der Waals surface area contributed by atoms with E-state index in [0.29, 0.717) is 0 Å². The number of nitrogens with one attached hydrogen (secondary N) is 2. The highest BCUT2D eigenvalue weighted by atomic mass is 79.9. The standard InChI is InChI=1S/C12H19BrN2S2/c13-10-7-12(17-9-10)8-15-5-6-16-11-1-3-14-4-2-11/h7,9,11,14-15H,1-6,8H2. The topological polar surface area (TPSA) is 24.1 Å². The zero-order valence-electron chi connectivity index (χ0n) is 9.88. The highest BCUT2D eigenvalue weighted by Crippen LogP contribution is 2.20. The van der Waals surface area contributed by atoms with Gasteiger partial charge in [0.05, 0.1) is 0 Å². The van der Waals surface area contributed by atoms with Crippen LogP contribution < -0.4 is 10.6 Å². The van der Waals surface area contributed by atoms with Crippen molar-refractivity contribution in [3.8, 4) is 0 Å². The molecule has 1 aliphatic heterocycles. The molecule has 5 heteroatoms. The van der Waals surface area contributed by atoms with Gasteiger partial charge >= 0.3 is 0 Å². The van der Waals surface area contributed by atoms with Crippen LogP contribution in [0.1, 0.15) is 17.7 Å². The summed E-state index contributed by atoms with van der Waals surface area (Å²) in [7, 11) is 0. The first-order chi connectivity index (χ1) is 8.34. The molecule has 0 amide bonds. The van der Waals surface area contributed by atoms with Gasteiger partial charge in [-0.3, -0.25) is 0 Å². The Labute approximate surface area is 120 Å².